The molecule has 0 saturated carbocycles. The fourth-order valence-corrected chi connectivity index (χ4v) is 15.1. The molecular formula is C61H53ClN12O12S6. The Balaban J connectivity index is 1.06. The topological polar surface area (TPSA) is 382 Å². The van der Waals surface area contributed by atoms with Crippen LogP contribution in [0, 0.1) is 12.8 Å². The Morgan fingerprint density at radius 3 is 2.05 bits per heavy atom. The van der Waals surface area contributed by atoms with Crippen LogP contribution in [0.2, 0.25) is 0 Å². The maximum Gasteiger partial charge on any atom is 0.331 e. The number of aromatic hydroxyl groups is 1. The van der Waals surface area contributed by atoms with E-state index in [-0.39, 0.29) is 79.4 Å². The lowest BCUT2D eigenvalue weighted by Gasteiger charge is -2.28. The summed E-state index contributed by atoms with van der Waals surface area (Å²) in [6.45, 7) is 10.3. The first-order chi connectivity index (χ1) is 44.0. The normalized spacial score (nSPS) is 17.3. The fourth-order valence-electron chi connectivity index (χ4n) is 9.50. The number of aliphatic carboxylic acids is 1. The van der Waals surface area contributed by atoms with Crippen LogP contribution in [0.25, 0.3) is 43.4 Å². The second kappa shape index (κ2) is 28.7. The van der Waals surface area contributed by atoms with Gasteiger partial charge in [-0.15, -0.1) is 79.6 Å². The molecule has 7 aromatic heterocycles. The number of thiazole rings is 6. The number of nitrogens with zero attached hydrogens (tertiary/aromatic N) is 7. The number of nitrogens with one attached hydrogen (secondary N) is 4. The zero-order valence-corrected chi connectivity index (χ0v) is 54.0. The molecule has 7 atom stereocenters. The van der Waals surface area contributed by atoms with Gasteiger partial charge in [-0.25, -0.2) is 39.7 Å². The SMILES string of the molecule is C=C(CC(=O)C(=C)NC(=O)c1csc(-c2ccc3c(n2)-c2csc(n2)-c2csc(n2)C(C(C)C(O)CCl)NC(=O)C(Cc2ccc(O)cc2)NC(=O)c2csc(n2)C(C(O)c2ccccc2)CC(=O)c2nc(sc2C)C(CC(N)=O)NC(=O)c2csc-3n2)n1)C(=O)O. The van der Waals surface area contributed by atoms with Crippen LogP contribution in [-0.2, 0) is 25.6 Å². The van der Waals surface area contributed by atoms with E-state index in [1.54, 1.807) is 79.2 Å². The number of rotatable bonds is 16. The van der Waals surface area contributed by atoms with Gasteiger partial charge in [0.25, 0.3) is 17.7 Å². The summed E-state index contributed by atoms with van der Waals surface area (Å²) in [4.78, 5) is 142. The molecule has 10 rings (SSSR count). The number of carboxylic acids is 1. The van der Waals surface area contributed by atoms with Crippen molar-refractivity contribution in [3.8, 4) is 49.1 Å². The van der Waals surface area contributed by atoms with E-state index in [1.165, 1.54) is 39.6 Å². The number of allylic oxidation sites excluding steroid dienone is 1. The molecule has 472 valence electrons. The number of ketones is 2. The average Bonchev–Trinajstić information content (AvgIpc) is 1.61. The molecule has 2 aromatic carbocycles. The van der Waals surface area contributed by atoms with Gasteiger partial charge >= 0.3 is 5.97 Å². The molecule has 24 nitrogen and oxygen atoms in total. The van der Waals surface area contributed by atoms with E-state index in [9.17, 15) is 58.8 Å². The van der Waals surface area contributed by atoms with Crippen molar-refractivity contribution in [1.82, 2.24) is 56.2 Å². The van der Waals surface area contributed by atoms with E-state index in [2.05, 4.69) is 49.4 Å². The summed E-state index contributed by atoms with van der Waals surface area (Å²) in [5.74, 6) is -8.56. The molecule has 0 fully saturated rings. The highest BCUT2D eigenvalue weighted by Crippen LogP contribution is 2.41. The number of phenolic OH excluding ortho intramolecular Hbond substituents is 1. The molecule has 10 N–H and O–H groups in total. The van der Waals surface area contributed by atoms with Gasteiger partial charge < -0.3 is 47.4 Å². The summed E-state index contributed by atoms with van der Waals surface area (Å²) in [5, 5.41) is 63.1. The number of aryl methyl sites for hydroxylation is 1. The third-order valence-corrected chi connectivity index (χ3v) is 20.4. The maximum absolute atomic E-state index is 14.9. The van der Waals surface area contributed by atoms with E-state index in [4.69, 9.17) is 37.3 Å². The molecule has 0 aliphatic carbocycles. The number of amides is 5. The maximum atomic E-state index is 14.9. The number of Topliss-reactive ketones (excluding diaryl/α,β-unsaturated/α-hetero) is 2. The molecule has 1 aliphatic heterocycles. The summed E-state index contributed by atoms with van der Waals surface area (Å²) in [7, 11) is 0. The number of pyridine rings is 1. The molecule has 31 heteroatoms. The summed E-state index contributed by atoms with van der Waals surface area (Å²) in [6.07, 6.45) is -3.98. The fraction of sp³-hybridized carbons (Fsp3) is 0.230. The standard InChI is InChI=1S/C61H53ClN12O12S6/c1-26(61(85)86)16-43(76)28(3)64-52(82)39-24-90-57(71-39)35-15-14-33-49(65-35)38-21-89-58(68-38)42-25-91-60(72-42)47(27(2)45(78)20-62)73-51(81)36(17-30-10-12-32(75)13-11-30)66-53(83)40-23-88-56(70-40)34(50(80)31-8-6-5-7-9-31)18-44(77)48-29(4)92-59(74-48)37(19-46(63)79)67-54(84)41-22-87-55(33)69-41/h5-15,21-25,27,34,36-37,45,47,50,75,78,80H,1,3,16-20H2,2,4H3,(H2,63,79)(H,64,82)(H,66,83)(H,67,84)(H,73,81)(H,85,86). The first-order valence-electron chi connectivity index (χ1n) is 27.7. The summed E-state index contributed by atoms with van der Waals surface area (Å²) < 4.78 is 0. The Morgan fingerprint density at radius 2 is 1.34 bits per heavy atom. The first-order valence-corrected chi connectivity index (χ1v) is 33.5. The Kier molecular flexibility index (Phi) is 20.6. The molecule has 8 heterocycles. The molecule has 0 spiro atoms. The van der Waals surface area contributed by atoms with Crippen LogP contribution < -0.4 is 27.0 Å². The molecule has 0 saturated heterocycles. The van der Waals surface area contributed by atoms with Crippen molar-refractivity contribution in [3.05, 3.63) is 172 Å². The molecule has 0 radical (unpaired) electrons. The number of benzene rings is 2. The number of hydrogen-bond acceptors (Lipinski definition) is 24. The van der Waals surface area contributed by atoms with E-state index in [0.717, 1.165) is 56.7 Å². The van der Waals surface area contributed by atoms with Crippen LogP contribution in [0.15, 0.2) is 118 Å². The van der Waals surface area contributed by atoms with Gasteiger partial charge in [-0.1, -0.05) is 62.5 Å². The van der Waals surface area contributed by atoms with Crippen molar-refractivity contribution in [1.29, 1.82) is 0 Å². The van der Waals surface area contributed by atoms with Crippen LogP contribution in [0.3, 0.4) is 0 Å². The second-order valence-corrected chi connectivity index (χ2v) is 26.9. The van der Waals surface area contributed by atoms with Gasteiger partial charge in [0.1, 0.15) is 76.7 Å². The lowest BCUT2D eigenvalue weighted by molar-refractivity contribution is -0.133. The van der Waals surface area contributed by atoms with Crippen molar-refractivity contribution >= 4 is 127 Å². The Bertz CT molecular complexity index is 4350. The van der Waals surface area contributed by atoms with Gasteiger partial charge in [0, 0.05) is 79.9 Å². The van der Waals surface area contributed by atoms with Crippen molar-refractivity contribution in [2.75, 3.05) is 5.88 Å². The molecule has 1 aliphatic rings. The third-order valence-electron chi connectivity index (χ3n) is 14.5. The molecule has 5 amide bonds. The first kappa shape index (κ1) is 66.0. The Labute approximate surface area is 552 Å². The van der Waals surface area contributed by atoms with Crippen LogP contribution >= 0.6 is 79.6 Å². The van der Waals surface area contributed by atoms with Gasteiger partial charge in [-0.2, -0.15) is 0 Å². The van der Waals surface area contributed by atoms with Gasteiger partial charge in [-0.3, -0.25) is 33.6 Å². The average molecular weight is 1370 g/mol. The zero-order chi connectivity index (χ0) is 65.7. The van der Waals surface area contributed by atoms with Gasteiger partial charge in [0.05, 0.1) is 47.1 Å². The van der Waals surface area contributed by atoms with Crippen LogP contribution in [0.4, 0.5) is 0 Å². The number of nitrogens with two attached hydrogens (primary N) is 1. The molecular weight excluding hydrogens is 1320 g/mol. The smallest absolute Gasteiger partial charge is 0.331 e. The number of carbonyl (C=O) groups excluding carboxylic acids is 7. The van der Waals surface area contributed by atoms with Crippen LogP contribution in [0.5, 0.6) is 5.75 Å². The summed E-state index contributed by atoms with van der Waals surface area (Å²) in [5.41, 5.74) is 7.21. The number of alkyl halides is 1. The summed E-state index contributed by atoms with van der Waals surface area (Å²) in [6, 6.07) is 14.4. The molecule has 10 bridgehead atoms. The number of halogens is 1. The largest absolute Gasteiger partial charge is 0.508 e. The van der Waals surface area contributed by atoms with E-state index < -0.39 is 108 Å². The Morgan fingerprint density at radius 1 is 0.707 bits per heavy atom. The molecule has 9 aromatic rings. The van der Waals surface area contributed by atoms with Crippen molar-refractivity contribution in [2.45, 2.75) is 75.8 Å². The number of aromatic nitrogens is 7. The van der Waals surface area contributed by atoms with Gasteiger partial charge in [0.15, 0.2) is 11.6 Å². The minimum Gasteiger partial charge on any atom is -0.508 e. The lowest BCUT2D eigenvalue weighted by atomic mass is 9.90. The highest BCUT2D eigenvalue weighted by molar-refractivity contribution is 7.15. The molecule has 7 unspecified atom stereocenters. The minimum atomic E-state index is -1.38. The quantitative estimate of drug-likeness (QED) is 0.0323. The van der Waals surface area contributed by atoms with Crippen LogP contribution in [0.1, 0.15) is 123 Å². The minimum absolute atomic E-state index is 0.0123. The lowest BCUT2D eigenvalue weighted by Crippen LogP contribution is -2.50. The second-order valence-electron chi connectivity index (χ2n) is 21.0. The van der Waals surface area contributed by atoms with Crippen molar-refractivity contribution in [2.24, 2.45) is 11.7 Å². The number of carbonyl (C=O) groups is 8. The van der Waals surface area contributed by atoms with Gasteiger partial charge in [0.2, 0.25) is 11.8 Å². The summed E-state index contributed by atoms with van der Waals surface area (Å²) >= 11 is 12.8. The number of aliphatic hydroxyl groups excluding tert-OH is 2. The van der Waals surface area contributed by atoms with Crippen molar-refractivity contribution < 1.29 is 58.8 Å². The zero-order valence-electron chi connectivity index (χ0n) is 48.3. The number of primary amides is 1. The number of hydrogen-bond donors (Lipinski definition) is 9. The number of carboxylic acid groups (broad SMARTS) is 1. The van der Waals surface area contributed by atoms with Gasteiger partial charge in [-0.05, 0) is 42.3 Å². The predicted octanol–water partition coefficient (Wildman–Crippen LogP) is 8.53. The van der Waals surface area contributed by atoms with E-state index in [0.29, 0.717) is 48.0 Å². The highest BCUT2D eigenvalue weighted by atomic mass is 35.5. The number of fused-ring (bicyclic) bond motifs is 14. The van der Waals surface area contributed by atoms with E-state index >= 15 is 0 Å². The monoisotopic (exact) mass is 1370 g/mol. The predicted molar refractivity (Wildman–Crippen MR) is 348 cm³/mol. The molecule has 92 heavy (non-hydrogen) atoms. The van der Waals surface area contributed by atoms with Crippen LogP contribution in [-0.4, -0.2) is 120 Å². The van der Waals surface area contributed by atoms with Crippen molar-refractivity contribution in [3.63, 3.8) is 0 Å². The third kappa shape index (κ3) is 15.2. The van der Waals surface area contributed by atoms with E-state index in [1.807, 2.05) is 0 Å². The number of aliphatic hydroxyl groups is 2. The number of phenols is 1. The highest BCUT2D eigenvalue weighted by Gasteiger charge is 2.36. The Hall–Kier alpha value is -8.98.